The van der Waals surface area contributed by atoms with Crippen LogP contribution in [-0.2, 0) is 16.6 Å². The molecule has 0 radical (unpaired) electrons. The Kier molecular flexibility index (Phi) is 6.01. The minimum atomic E-state index is -3.54. The van der Waals surface area contributed by atoms with Gasteiger partial charge < -0.3 is 5.32 Å². The number of hydrogen-bond acceptors (Lipinski definition) is 3. The third-order valence-electron chi connectivity index (χ3n) is 3.64. The fourth-order valence-electron chi connectivity index (χ4n) is 1.82. The molecule has 0 aromatic heterocycles. The van der Waals surface area contributed by atoms with E-state index in [0.29, 0.717) is 11.6 Å². The van der Waals surface area contributed by atoms with Crippen molar-refractivity contribution in [2.24, 2.45) is 0 Å². The third-order valence-corrected chi connectivity index (χ3v) is 5.64. The molecule has 0 bridgehead atoms. The molecule has 1 rings (SSSR count). The first-order chi connectivity index (χ1) is 9.28. The van der Waals surface area contributed by atoms with Gasteiger partial charge in [0.15, 0.2) is 0 Å². The highest BCUT2D eigenvalue weighted by Crippen LogP contribution is 2.23. The molecular weight excluding hydrogens is 296 g/mol. The molecule has 0 unspecified atom stereocenters. The van der Waals surface area contributed by atoms with E-state index in [1.165, 1.54) is 6.07 Å². The summed E-state index contributed by atoms with van der Waals surface area (Å²) in [5.74, 6) is 0. The molecule has 20 heavy (non-hydrogen) atoms. The van der Waals surface area contributed by atoms with Gasteiger partial charge in [-0.1, -0.05) is 25.4 Å². The maximum Gasteiger partial charge on any atom is 0.241 e. The Bertz CT molecular complexity index is 554. The Balaban J connectivity index is 3.13. The number of nitrogens with one attached hydrogen (secondary N) is 2. The molecular formula is C14H23ClN2O2S. The highest BCUT2D eigenvalue weighted by Gasteiger charge is 2.27. The van der Waals surface area contributed by atoms with Gasteiger partial charge in [0.05, 0.1) is 4.90 Å². The van der Waals surface area contributed by atoms with Crippen LogP contribution in [0.25, 0.3) is 0 Å². The van der Waals surface area contributed by atoms with Crippen molar-refractivity contribution in [2.45, 2.75) is 50.6 Å². The lowest BCUT2D eigenvalue weighted by Crippen LogP contribution is -2.44. The van der Waals surface area contributed by atoms with E-state index < -0.39 is 15.6 Å². The lowest BCUT2D eigenvalue weighted by Gasteiger charge is -2.27. The van der Waals surface area contributed by atoms with Gasteiger partial charge in [-0.25, -0.2) is 13.1 Å². The molecule has 2 N–H and O–H groups in total. The summed E-state index contributed by atoms with van der Waals surface area (Å²) in [5, 5.41) is 3.54. The molecule has 0 fully saturated rings. The van der Waals surface area contributed by atoms with Crippen LogP contribution in [0.4, 0.5) is 0 Å². The SMILES string of the molecule is CCC(C)(CC)NS(=O)(=O)c1ccc(Cl)c(CNC)c1. The molecule has 0 heterocycles. The monoisotopic (exact) mass is 318 g/mol. The second-order valence-electron chi connectivity index (χ2n) is 5.16. The average Bonchev–Trinajstić information content (AvgIpc) is 2.40. The molecule has 1 aromatic rings. The first-order valence-corrected chi connectivity index (χ1v) is 8.61. The normalized spacial score (nSPS) is 12.7. The topological polar surface area (TPSA) is 58.2 Å². The van der Waals surface area contributed by atoms with Crippen LogP contribution < -0.4 is 10.0 Å². The summed E-state index contributed by atoms with van der Waals surface area (Å²) >= 11 is 6.06. The minimum absolute atomic E-state index is 0.250. The maximum absolute atomic E-state index is 12.5. The van der Waals surface area contributed by atoms with Crippen LogP contribution in [0.2, 0.25) is 5.02 Å². The van der Waals surface area contributed by atoms with Gasteiger partial charge >= 0.3 is 0 Å². The van der Waals surface area contributed by atoms with Crippen LogP contribution in [0.3, 0.4) is 0 Å². The second-order valence-corrected chi connectivity index (χ2v) is 7.25. The Morgan fingerprint density at radius 3 is 2.35 bits per heavy atom. The van der Waals surface area contributed by atoms with Crippen LogP contribution in [0.5, 0.6) is 0 Å². The molecule has 0 saturated carbocycles. The molecule has 0 aliphatic heterocycles. The van der Waals surface area contributed by atoms with Crippen molar-refractivity contribution < 1.29 is 8.42 Å². The molecule has 0 aliphatic rings. The van der Waals surface area contributed by atoms with E-state index in [2.05, 4.69) is 10.0 Å². The zero-order chi connectivity index (χ0) is 15.4. The first kappa shape index (κ1) is 17.4. The van der Waals surface area contributed by atoms with Crippen LogP contribution in [-0.4, -0.2) is 21.0 Å². The van der Waals surface area contributed by atoms with Gasteiger partial charge in [0, 0.05) is 17.1 Å². The largest absolute Gasteiger partial charge is 0.316 e. The summed E-state index contributed by atoms with van der Waals surface area (Å²) in [7, 11) is -1.74. The van der Waals surface area contributed by atoms with Crippen LogP contribution in [0, 0.1) is 0 Å². The lowest BCUT2D eigenvalue weighted by molar-refractivity contribution is 0.388. The number of halogens is 1. The third kappa shape index (κ3) is 4.19. The zero-order valence-corrected chi connectivity index (χ0v) is 14.0. The fourth-order valence-corrected chi connectivity index (χ4v) is 3.61. The summed E-state index contributed by atoms with van der Waals surface area (Å²) in [4.78, 5) is 0.250. The number of rotatable bonds is 7. The van der Waals surface area contributed by atoms with Crippen molar-refractivity contribution in [3.05, 3.63) is 28.8 Å². The standard InChI is InChI=1S/C14H23ClN2O2S/c1-5-14(3,6-2)17-20(18,19)12-7-8-13(15)11(9-12)10-16-4/h7-9,16-17H,5-6,10H2,1-4H3. The summed E-state index contributed by atoms with van der Waals surface area (Å²) in [5.41, 5.74) is 0.341. The van der Waals surface area contributed by atoms with Gasteiger partial charge in [-0.15, -0.1) is 0 Å². The van der Waals surface area contributed by atoms with Crippen molar-refractivity contribution in [3.8, 4) is 0 Å². The molecule has 0 saturated heterocycles. The van der Waals surface area contributed by atoms with Crippen LogP contribution >= 0.6 is 11.6 Å². The van der Waals surface area contributed by atoms with E-state index >= 15 is 0 Å². The van der Waals surface area contributed by atoms with E-state index in [9.17, 15) is 8.42 Å². The van der Waals surface area contributed by atoms with E-state index in [1.807, 2.05) is 20.8 Å². The number of hydrogen-bond donors (Lipinski definition) is 2. The molecule has 0 spiro atoms. The lowest BCUT2D eigenvalue weighted by atomic mass is 9.98. The van der Waals surface area contributed by atoms with Gasteiger partial charge in [-0.3, -0.25) is 0 Å². The van der Waals surface area contributed by atoms with E-state index in [0.717, 1.165) is 18.4 Å². The second kappa shape index (κ2) is 6.89. The smallest absolute Gasteiger partial charge is 0.241 e. The minimum Gasteiger partial charge on any atom is -0.316 e. The van der Waals surface area contributed by atoms with Crippen molar-refractivity contribution in [1.29, 1.82) is 0 Å². The van der Waals surface area contributed by atoms with Gasteiger partial charge in [0.1, 0.15) is 0 Å². The van der Waals surface area contributed by atoms with E-state index in [4.69, 9.17) is 11.6 Å². The highest BCUT2D eigenvalue weighted by molar-refractivity contribution is 7.89. The summed E-state index contributed by atoms with van der Waals surface area (Å²) in [6, 6.07) is 4.78. The molecule has 1 aromatic carbocycles. The van der Waals surface area contributed by atoms with Crippen molar-refractivity contribution in [2.75, 3.05) is 7.05 Å². The average molecular weight is 319 g/mol. The van der Waals surface area contributed by atoms with E-state index in [1.54, 1.807) is 19.2 Å². The van der Waals surface area contributed by atoms with Gasteiger partial charge in [0.25, 0.3) is 0 Å². The summed E-state index contributed by atoms with van der Waals surface area (Å²) in [6.45, 7) is 6.39. The first-order valence-electron chi connectivity index (χ1n) is 6.75. The molecule has 114 valence electrons. The zero-order valence-electron chi connectivity index (χ0n) is 12.5. The van der Waals surface area contributed by atoms with Crippen molar-refractivity contribution >= 4 is 21.6 Å². The Morgan fingerprint density at radius 1 is 1.25 bits per heavy atom. The van der Waals surface area contributed by atoms with Crippen LogP contribution in [0.1, 0.15) is 39.2 Å². The fraction of sp³-hybridized carbons (Fsp3) is 0.571. The summed E-state index contributed by atoms with van der Waals surface area (Å²) < 4.78 is 27.7. The van der Waals surface area contributed by atoms with Crippen molar-refractivity contribution in [1.82, 2.24) is 10.0 Å². The van der Waals surface area contributed by atoms with Gasteiger partial charge in [-0.05, 0) is 50.6 Å². The predicted octanol–water partition coefficient (Wildman–Crippen LogP) is 2.92. The van der Waals surface area contributed by atoms with Gasteiger partial charge in [0.2, 0.25) is 10.0 Å². The number of sulfonamides is 1. The molecule has 6 heteroatoms. The molecule has 0 amide bonds. The maximum atomic E-state index is 12.5. The predicted molar refractivity (Wildman–Crippen MR) is 83.5 cm³/mol. The quantitative estimate of drug-likeness (QED) is 0.812. The Labute approximate surface area is 127 Å². The van der Waals surface area contributed by atoms with Gasteiger partial charge in [-0.2, -0.15) is 0 Å². The van der Waals surface area contributed by atoms with Crippen LogP contribution in [0.15, 0.2) is 23.1 Å². The molecule has 4 nitrogen and oxygen atoms in total. The summed E-state index contributed by atoms with van der Waals surface area (Å²) in [6.07, 6.45) is 1.47. The Hall–Kier alpha value is -0.620. The van der Waals surface area contributed by atoms with Crippen molar-refractivity contribution in [3.63, 3.8) is 0 Å². The Morgan fingerprint density at radius 2 is 1.85 bits per heavy atom. The molecule has 0 atom stereocenters. The number of benzene rings is 1. The highest BCUT2D eigenvalue weighted by atomic mass is 35.5. The van der Waals surface area contributed by atoms with E-state index in [-0.39, 0.29) is 4.90 Å². The molecule has 0 aliphatic carbocycles.